The summed E-state index contributed by atoms with van der Waals surface area (Å²) in [6, 6.07) is 0. The Balaban J connectivity index is -0.0000000408. The molecule has 0 fully saturated rings. The van der Waals surface area contributed by atoms with Gasteiger partial charge in [-0.3, -0.25) is 30.5 Å². The van der Waals surface area contributed by atoms with Gasteiger partial charge in [-0.15, -0.1) is 0 Å². The molecule has 0 rings (SSSR count). The summed E-state index contributed by atoms with van der Waals surface area (Å²) in [6.07, 6.45) is 0. The van der Waals surface area contributed by atoms with Crippen molar-refractivity contribution in [3.05, 3.63) is 0 Å². The average molecular weight is 454 g/mol. The van der Waals surface area contributed by atoms with Gasteiger partial charge in [0.05, 0.1) is 0 Å². The molecule has 0 aromatic rings. The third-order valence-corrected chi connectivity index (χ3v) is 0.367. The van der Waals surface area contributed by atoms with Gasteiger partial charge in [0.1, 0.15) is 0 Å². The normalized spacial score (nSPS) is 10.7. The van der Waals surface area contributed by atoms with E-state index < -0.39 is 40.2 Å². The first-order valence-electron chi connectivity index (χ1n) is 3.06. The Bertz CT molecular complexity index is 438. The molecule has 0 unspecified atom stereocenters. The Morgan fingerprint density at radius 1 is 0.609 bits per heavy atom. The van der Waals surface area contributed by atoms with Gasteiger partial charge < -0.3 is 41.7 Å². The van der Waals surface area contributed by atoms with Gasteiger partial charge in [0, 0.05) is 31.2 Å². The van der Waals surface area contributed by atoms with Crippen molar-refractivity contribution in [3.63, 3.8) is 0 Å². The van der Waals surface area contributed by atoms with Gasteiger partial charge in [-0.05, 0) is 0 Å². The van der Waals surface area contributed by atoms with Crippen molar-refractivity contribution in [2.24, 2.45) is 0 Å². The molecule has 4 N–H and O–H groups in total. The summed E-state index contributed by atoms with van der Waals surface area (Å²) in [5.74, 6) is 0. The Kier molecular flexibility index (Phi) is 27.4. The molecule has 0 saturated carbocycles. The van der Waals surface area contributed by atoms with Crippen LogP contribution in [0.3, 0.4) is 0 Å². The molecule has 0 heterocycles. The number of hydrogen-bond donors (Lipinski definition) is 4. The van der Waals surface area contributed by atoms with Gasteiger partial charge in [-0.25, -0.2) is 0 Å². The fraction of sp³-hybridized carbons (Fsp3) is 0. The second-order valence-electron chi connectivity index (χ2n) is 1.89. The van der Waals surface area contributed by atoms with Gasteiger partial charge in [-0.1, -0.05) is 0 Å². The van der Waals surface area contributed by atoms with E-state index in [1.165, 1.54) is 0 Å². The van der Waals surface area contributed by atoms with Gasteiger partial charge >= 0.3 is 43.8 Å². The molecule has 0 aromatic carbocycles. The molecule has 0 spiro atoms. The summed E-state index contributed by atoms with van der Waals surface area (Å²) in [5, 5.41) is 7.21. The quantitative estimate of drug-likeness (QED) is 0.0939. The van der Waals surface area contributed by atoms with Crippen molar-refractivity contribution in [1.29, 1.82) is 0 Å². The van der Waals surface area contributed by atoms with E-state index in [2.05, 4.69) is 4.58 Å². The second-order valence-corrected chi connectivity index (χ2v) is 5.67. The maximum atomic E-state index is 8.52. The summed E-state index contributed by atoms with van der Waals surface area (Å²) < 4.78 is 105. The second kappa shape index (κ2) is 16.2. The van der Waals surface area contributed by atoms with Crippen LogP contribution in [0.1, 0.15) is 0 Å². The topological polar surface area (TPSA) is 331 Å². The number of rotatable bonds is 1. The standard InChI is InChI=1S/2Al.H4O5Si.3H2O4S/c;;1-5-6(2,3)4;3*1-5(2,3)4/h;;1-4H;3*(H2,1,2,3,4)/q2*+3;;;;/p-6. The van der Waals surface area contributed by atoms with Crippen LogP contribution in [-0.2, 0) is 35.8 Å². The number of hydrogen-bond acceptors (Lipinski definition) is 17. The first-order valence-corrected chi connectivity index (χ1v) is 8.81. The van der Waals surface area contributed by atoms with E-state index in [1.807, 2.05) is 0 Å². The monoisotopic (exact) mass is 454 g/mol. The molecule has 23 heavy (non-hydrogen) atoms. The molecule has 134 valence electrons. The van der Waals surface area contributed by atoms with E-state index in [0.717, 1.165) is 0 Å². The molecule has 0 aromatic heterocycles. The smallest absolute Gasteiger partial charge is 0.759 e. The Labute approximate surface area is 151 Å². The van der Waals surface area contributed by atoms with Crippen LogP contribution >= 0.6 is 0 Å². The van der Waals surface area contributed by atoms with Crippen LogP contribution in [0, 0.1) is 0 Å². The largest absolute Gasteiger partial charge is 3.00 e. The SMILES string of the molecule is O=S(=O)([O-])[O-].O=S(=O)([O-])[O-].O=S(=O)([O-])[O-].OO[Si](O)(O)O.[Al+3].[Al+3]. The van der Waals surface area contributed by atoms with E-state index in [-0.39, 0.29) is 34.7 Å². The first kappa shape index (κ1) is 39.0. The van der Waals surface area contributed by atoms with Crippen molar-refractivity contribution in [2.45, 2.75) is 0 Å². The molecular weight excluding hydrogens is 450 g/mol. The van der Waals surface area contributed by atoms with Gasteiger partial charge in [0.15, 0.2) is 0 Å². The van der Waals surface area contributed by atoms with Crippen molar-refractivity contribution < 1.29 is 76.8 Å². The molecule has 0 aliphatic carbocycles. The van der Waals surface area contributed by atoms with E-state index >= 15 is 0 Å². The van der Waals surface area contributed by atoms with Crippen LogP contribution in [0.2, 0.25) is 0 Å². The van der Waals surface area contributed by atoms with E-state index in [1.54, 1.807) is 0 Å². The molecule has 23 heteroatoms. The van der Waals surface area contributed by atoms with Gasteiger partial charge in [0.25, 0.3) is 0 Å². The minimum absolute atomic E-state index is 0. The summed E-state index contributed by atoms with van der Waals surface area (Å²) in [7, 11) is -20.1. The molecule has 17 nitrogen and oxygen atoms in total. The average Bonchev–Trinajstić information content (AvgIpc) is 1.91. The van der Waals surface area contributed by atoms with E-state index in [9.17, 15) is 0 Å². The summed E-state index contributed by atoms with van der Waals surface area (Å²) in [4.78, 5) is 22.8. The molecule has 0 aliphatic heterocycles. The van der Waals surface area contributed by atoms with E-state index in [4.69, 9.17) is 72.2 Å². The van der Waals surface area contributed by atoms with E-state index in [0.29, 0.717) is 0 Å². The molecule has 0 amide bonds. The summed E-state index contributed by atoms with van der Waals surface area (Å²) >= 11 is 0. The van der Waals surface area contributed by atoms with Gasteiger partial charge in [0.2, 0.25) is 0 Å². The Hall–Kier alpha value is 0.692. The maximum absolute atomic E-state index is 8.52. The van der Waals surface area contributed by atoms with Crippen molar-refractivity contribution >= 4 is 75.0 Å². The van der Waals surface area contributed by atoms with Crippen LogP contribution in [0.4, 0.5) is 0 Å². The molecule has 0 saturated heterocycles. The molecule has 0 radical (unpaired) electrons. The van der Waals surface area contributed by atoms with Crippen LogP contribution in [0.25, 0.3) is 0 Å². The van der Waals surface area contributed by atoms with Crippen molar-refractivity contribution in [2.75, 3.05) is 0 Å². The summed E-state index contributed by atoms with van der Waals surface area (Å²) in [5.41, 5.74) is 0. The Morgan fingerprint density at radius 2 is 0.652 bits per heavy atom. The minimum atomic E-state index is -5.17. The van der Waals surface area contributed by atoms with Crippen molar-refractivity contribution in [3.8, 4) is 0 Å². The van der Waals surface area contributed by atoms with Crippen LogP contribution in [-0.4, -0.2) is 116 Å². The molecule has 0 bridgehead atoms. The van der Waals surface area contributed by atoms with Crippen LogP contribution in [0.5, 0.6) is 0 Å². The minimum Gasteiger partial charge on any atom is -0.759 e. The summed E-state index contributed by atoms with van der Waals surface area (Å²) in [6.45, 7) is 0. The zero-order valence-corrected chi connectivity index (χ0v) is 15.7. The fourth-order valence-electron chi connectivity index (χ4n) is 0. The molecular formula is H4Al2O17S3Si. The van der Waals surface area contributed by atoms with Crippen LogP contribution < -0.4 is 0 Å². The molecule has 0 atom stereocenters. The maximum Gasteiger partial charge on any atom is 3.00 e. The zero-order chi connectivity index (χ0) is 18.7. The predicted octanol–water partition coefficient (Wildman–Crippen LogP) is -6.89. The Morgan fingerprint density at radius 3 is 0.652 bits per heavy atom. The van der Waals surface area contributed by atoms with Gasteiger partial charge in [-0.2, -0.15) is 4.58 Å². The third kappa shape index (κ3) is 713. The van der Waals surface area contributed by atoms with Crippen LogP contribution in [0.15, 0.2) is 0 Å². The zero-order valence-electron chi connectivity index (χ0n) is 9.98. The molecule has 0 aliphatic rings. The third-order valence-electron chi connectivity index (χ3n) is 0.122. The fourth-order valence-corrected chi connectivity index (χ4v) is 0. The first-order chi connectivity index (χ1) is 8.56. The van der Waals surface area contributed by atoms with Crippen molar-refractivity contribution in [1.82, 2.24) is 0 Å². The predicted molar refractivity (Wildman–Crippen MR) is 59.1 cm³/mol.